The second-order valence-electron chi connectivity index (χ2n) is 5.12. The lowest BCUT2D eigenvalue weighted by Gasteiger charge is -2.13. The van der Waals surface area contributed by atoms with E-state index in [4.69, 9.17) is 37.8 Å². The summed E-state index contributed by atoms with van der Waals surface area (Å²) in [5.74, 6) is -0.456. The number of anilines is 1. The van der Waals surface area contributed by atoms with Gasteiger partial charge in [0.1, 0.15) is 5.82 Å². The number of rotatable bonds is 4. The van der Waals surface area contributed by atoms with Crippen LogP contribution in [0.5, 0.6) is 0 Å². The lowest BCUT2D eigenvalue weighted by atomic mass is 10.2. The predicted molar refractivity (Wildman–Crippen MR) is 89.9 cm³/mol. The molecule has 0 aliphatic carbocycles. The second kappa shape index (κ2) is 7.51. The first-order valence-electron chi connectivity index (χ1n) is 7.21. The minimum Gasteiger partial charge on any atom is -0.391 e. The highest BCUT2D eigenvalue weighted by Gasteiger charge is 2.27. The minimum atomic E-state index is -0.775. The number of nitrogens with one attached hydrogen (secondary N) is 1. The molecule has 10 heteroatoms. The molecule has 2 atom stereocenters. The molecule has 2 aromatic rings. The number of amides is 1. The number of aromatic nitrogens is 2. The number of hydrogen-bond donors (Lipinski definition) is 2. The topological polar surface area (TPSA) is 103 Å². The van der Waals surface area contributed by atoms with Gasteiger partial charge in [-0.1, -0.05) is 23.2 Å². The quantitative estimate of drug-likeness (QED) is 0.829. The number of aliphatic hydroxyl groups is 1. The highest BCUT2D eigenvalue weighted by atomic mass is 35.5. The SMILES string of the molecule is O=C(Nc1ccn(C2COC(CO)O2)c(=O)n1)c1ccc(Cl)cc1Cl. The molecule has 25 heavy (non-hydrogen) atoms. The molecule has 1 saturated heterocycles. The highest BCUT2D eigenvalue weighted by molar-refractivity contribution is 6.37. The van der Waals surface area contributed by atoms with E-state index >= 15 is 0 Å². The Hall–Kier alpha value is -1.97. The van der Waals surface area contributed by atoms with Crippen LogP contribution in [0.1, 0.15) is 16.6 Å². The summed E-state index contributed by atoms with van der Waals surface area (Å²) >= 11 is 11.8. The Morgan fingerprint density at radius 1 is 1.40 bits per heavy atom. The standard InChI is InChI=1S/C15H13Cl2N3O5/c16-8-1-2-9(10(17)5-8)14(22)18-11-3-4-20(15(23)19-11)12-7-24-13(6-21)25-12/h1-5,12-13,21H,6-7H2,(H,18,19,22,23). The van der Waals surface area contributed by atoms with Gasteiger partial charge in [0.15, 0.2) is 12.5 Å². The third kappa shape index (κ3) is 4.00. The summed E-state index contributed by atoms with van der Waals surface area (Å²) in [6, 6.07) is 5.89. The van der Waals surface area contributed by atoms with Crippen LogP contribution in [0.4, 0.5) is 5.82 Å². The van der Waals surface area contributed by atoms with Crippen LogP contribution < -0.4 is 11.0 Å². The van der Waals surface area contributed by atoms with Crippen LogP contribution in [-0.4, -0.2) is 40.1 Å². The molecule has 8 nitrogen and oxygen atoms in total. The van der Waals surface area contributed by atoms with Crippen molar-refractivity contribution in [2.24, 2.45) is 0 Å². The zero-order valence-electron chi connectivity index (χ0n) is 12.7. The average Bonchev–Trinajstić information content (AvgIpc) is 3.03. The molecule has 2 N–H and O–H groups in total. The number of carbonyl (C=O) groups is 1. The van der Waals surface area contributed by atoms with Crippen molar-refractivity contribution in [3.63, 3.8) is 0 Å². The molecule has 132 valence electrons. The van der Waals surface area contributed by atoms with Crippen molar-refractivity contribution in [1.82, 2.24) is 9.55 Å². The second-order valence-corrected chi connectivity index (χ2v) is 5.96. The lowest BCUT2D eigenvalue weighted by Crippen LogP contribution is -2.29. The molecule has 0 bridgehead atoms. The molecule has 1 fully saturated rings. The summed E-state index contributed by atoms with van der Waals surface area (Å²) in [5, 5.41) is 12.1. The number of ether oxygens (including phenoxy) is 2. The maximum Gasteiger partial charge on any atom is 0.351 e. The van der Waals surface area contributed by atoms with Gasteiger partial charge in [0.25, 0.3) is 5.91 Å². The van der Waals surface area contributed by atoms with E-state index in [1.54, 1.807) is 0 Å². The molecular weight excluding hydrogens is 373 g/mol. The Kier molecular flexibility index (Phi) is 5.36. The third-order valence-corrected chi connectivity index (χ3v) is 3.99. The largest absolute Gasteiger partial charge is 0.391 e. The summed E-state index contributed by atoms with van der Waals surface area (Å²) in [7, 11) is 0. The molecule has 2 heterocycles. The molecule has 2 unspecified atom stereocenters. The number of hydrogen-bond acceptors (Lipinski definition) is 6. The van der Waals surface area contributed by atoms with Crippen LogP contribution in [0.25, 0.3) is 0 Å². The number of aliphatic hydroxyl groups excluding tert-OH is 1. The fourth-order valence-electron chi connectivity index (χ4n) is 2.24. The first kappa shape index (κ1) is 17.8. The van der Waals surface area contributed by atoms with Gasteiger partial charge >= 0.3 is 5.69 Å². The zero-order chi connectivity index (χ0) is 18.0. The fourth-order valence-corrected chi connectivity index (χ4v) is 2.74. The van der Waals surface area contributed by atoms with Crippen molar-refractivity contribution in [3.05, 3.63) is 56.6 Å². The monoisotopic (exact) mass is 385 g/mol. The van der Waals surface area contributed by atoms with Crippen molar-refractivity contribution in [3.8, 4) is 0 Å². The summed E-state index contributed by atoms with van der Waals surface area (Å²) in [4.78, 5) is 28.1. The van der Waals surface area contributed by atoms with Gasteiger partial charge < -0.3 is 19.9 Å². The van der Waals surface area contributed by atoms with E-state index in [0.717, 1.165) is 0 Å². The maximum absolute atomic E-state index is 12.2. The van der Waals surface area contributed by atoms with Gasteiger partial charge in [-0.15, -0.1) is 0 Å². The molecule has 1 aliphatic heterocycles. The maximum atomic E-state index is 12.2. The van der Waals surface area contributed by atoms with Crippen LogP contribution >= 0.6 is 23.2 Å². The molecule has 1 aliphatic rings. The zero-order valence-corrected chi connectivity index (χ0v) is 14.2. The Balaban J connectivity index is 1.75. The first-order valence-corrected chi connectivity index (χ1v) is 7.97. The Labute approximate surface area is 151 Å². The van der Waals surface area contributed by atoms with Crippen LogP contribution in [0, 0.1) is 0 Å². The number of carbonyl (C=O) groups excluding carboxylic acids is 1. The highest BCUT2D eigenvalue weighted by Crippen LogP contribution is 2.22. The smallest absolute Gasteiger partial charge is 0.351 e. The minimum absolute atomic E-state index is 0.0647. The first-order chi connectivity index (χ1) is 12.0. The van der Waals surface area contributed by atoms with Crippen molar-refractivity contribution in [1.29, 1.82) is 0 Å². The Morgan fingerprint density at radius 3 is 2.84 bits per heavy atom. The molecule has 1 aromatic heterocycles. The summed E-state index contributed by atoms with van der Waals surface area (Å²) in [6.07, 6.45) is -0.0432. The molecule has 1 amide bonds. The predicted octanol–water partition coefficient (Wildman–Crippen LogP) is 1.67. The molecular formula is C15H13Cl2N3O5. The van der Waals surface area contributed by atoms with E-state index in [9.17, 15) is 9.59 Å². The van der Waals surface area contributed by atoms with E-state index in [1.807, 2.05) is 0 Å². The Morgan fingerprint density at radius 2 is 2.20 bits per heavy atom. The van der Waals surface area contributed by atoms with E-state index in [2.05, 4.69) is 10.3 Å². The number of benzene rings is 1. The summed E-state index contributed by atoms with van der Waals surface area (Å²) < 4.78 is 11.7. The van der Waals surface area contributed by atoms with Crippen LogP contribution in [0.3, 0.4) is 0 Å². The van der Waals surface area contributed by atoms with Gasteiger partial charge in [-0.2, -0.15) is 4.98 Å². The van der Waals surface area contributed by atoms with Gasteiger partial charge in [0, 0.05) is 11.2 Å². The van der Waals surface area contributed by atoms with Gasteiger partial charge in [0.2, 0.25) is 0 Å². The molecule has 0 saturated carbocycles. The van der Waals surface area contributed by atoms with Gasteiger partial charge in [-0.25, -0.2) is 4.79 Å². The van der Waals surface area contributed by atoms with Crippen molar-refractivity contribution in [2.45, 2.75) is 12.5 Å². The number of nitrogens with zero attached hydrogens (tertiary/aromatic N) is 2. The third-order valence-electron chi connectivity index (χ3n) is 3.44. The molecule has 3 rings (SSSR count). The van der Waals surface area contributed by atoms with Crippen molar-refractivity contribution >= 4 is 34.9 Å². The summed E-state index contributed by atoms with van der Waals surface area (Å²) in [5.41, 5.74) is -0.428. The van der Waals surface area contributed by atoms with Crippen molar-refractivity contribution in [2.75, 3.05) is 18.5 Å². The van der Waals surface area contributed by atoms with E-state index in [1.165, 1.54) is 35.0 Å². The van der Waals surface area contributed by atoms with Gasteiger partial charge in [-0.3, -0.25) is 9.36 Å². The molecule has 0 spiro atoms. The molecule has 1 aromatic carbocycles. The molecule has 0 radical (unpaired) electrons. The van der Waals surface area contributed by atoms with Gasteiger partial charge in [0.05, 0.1) is 23.8 Å². The van der Waals surface area contributed by atoms with E-state index in [-0.39, 0.29) is 29.6 Å². The van der Waals surface area contributed by atoms with Crippen LogP contribution in [0.15, 0.2) is 35.3 Å². The Bertz CT molecular complexity index is 857. The average molecular weight is 386 g/mol. The van der Waals surface area contributed by atoms with E-state index in [0.29, 0.717) is 5.02 Å². The number of halogens is 2. The van der Waals surface area contributed by atoms with E-state index < -0.39 is 24.1 Å². The summed E-state index contributed by atoms with van der Waals surface area (Å²) in [6.45, 7) is -0.201. The van der Waals surface area contributed by atoms with Crippen molar-refractivity contribution < 1.29 is 19.4 Å². The normalized spacial score (nSPS) is 19.8. The van der Waals surface area contributed by atoms with Gasteiger partial charge in [-0.05, 0) is 24.3 Å². The fraction of sp³-hybridized carbons (Fsp3) is 0.267. The lowest BCUT2D eigenvalue weighted by molar-refractivity contribution is -0.0992. The van der Waals surface area contributed by atoms with Crippen LogP contribution in [-0.2, 0) is 9.47 Å². The van der Waals surface area contributed by atoms with Crippen LogP contribution in [0.2, 0.25) is 10.0 Å².